The minimum absolute atomic E-state index is 0.246. The van der Waals surface area contributed by atoms with Crippen LogP contribution in [0.4, 0.5) is 0 Å². The molecule has 0 aliphatic heterocycles. The van der Waals surface area contributed by atoms with Gasteiger partial charge < -0.3 is 14.6 Å². The number of rotatable bonds is 4. The van der Waals surface area contributed by atoms with Crippen molar-refractivity contribution in [1.82, 2.24) is 0 Å². The van der Waals surface area contributed by atoms with E-state index in [-0.39, 0.29) is 5.92 Å². The highest BCUT2D eigenvalue weighted by molar-refractivity contribution is 6.83. The summed E-state index contributed by atoms with van der Waals surface area (Å²) in [5, 5.41) is 11.8. The van der Waals surface area contributed by atoms with E-state index in [1.807, 2.05) is 48.5 Å². The fraction of sp³-hybridized carbons (Fsp3) is 0.333. The first-order chi connectivity index (χ1) is 13.3. The average Bonchev–Trinajstić information content (AvgIpc) is 2.68. The number of hydrogen-bond acceptors (Lipinski definition) is 3. The molecule has 0 saturated carbocycles. The zero-order valence-corrected chi connectivity index (χ0v) is 18.2. The second-order valence-electron chi connectivity index (χ2n) is 8.16. The Morgan fingerprint density at radius 2 is 1.64 bits per heavy atom. The molecular formula is C24H28O3Si. The lowest BCUT2D eigenvalue weighted by molar-refractivity contribution is -0.106. The maximum atomic E-state index is 11.8. The number of methoxy groups -OCH3 is 2. The Balaban J connectivity index is 2.07. The third kappa shape index (κ3) is 4.13. The quantitative estimate of drug-likeness (QED) is 0.459. The van der Waals surface area contributed by atoms with Crippen LogP contribution in [0.15, 0.2) is 54.6 Å². The molecule has 0 amide bonds. The molecule has 28 heavy (non-hydrogen) atoms. The topological polar surface area (TPSA) is 38.7 Å². The molecule has 3 rings (SSSR count). The van der Waals surface area contributed by atoms with E-state index >= 15 is 0 Å². The molecule has 0 fully saturated rings. The lowest BCUT2D eigenvalue weighted by atomic mass is 9.73. The first kappa shape index (κ1) is 20.6. The molecule has 2 unspecified atom stereocenters. The molecule has 146 valence electrons. The van der Waals surface area contributed by atoms with Crippen LogP contribution in [0.25, 0.3) is 6.08 Å². The van der Waals surface area contributed by atoms with Crippen LogP contribution < -0.4 is 0 Å². The fourth-order valence-corrected chi connectivity index (χ4v) is 4.07. The second kappa shape index (κ2) is 8.06. The van der Waals surface area contributed by atoms with Crippen molar-refractivity contribution >= 4 is 14.1 Å². The largest absolute Gasteiger partial charge is 0.372 e. The Bertz CT molecular complexity index is 911. The van der Waals surface area contributed by atoms with E-state index in [2.05, 4.69) is 43.3 Å². The first-order valence-electron chi connectivity index (χ1n) is 9.48. The SMILES string of the molecule is COC(OC)c1ccc(C2C=Cc3ccccc3C2(O)C#C[Si](C)(C)C)cc1. The van der Waals surface area contributed by atoms with Gasteiger partial charge in [0.2, 0.25) is 0 Å². The van der Waals surface area contributed by atoms with Crippen LogP contribution >= 0.6 is 0 Å². The number of hydrogen-bond donors (Lipinski definition) is 1. The van der Waals surface area contributed by atoms with Gasteiger partial charge in [-0.1, -0.05) is 86.2 Å². The van der Waals surface area contributed by atoms with E-state index in [9.17, 15) is 5.11 Å². The van der Waals surface area contributed by atoms with Crippen LogP contribution in [-0.2, 0) is 15.1 Å². The molecule has 1 aliphatic rings. The summed E-state index contributed by atoms with van der Waals surface area (Å²) in [6, 6.07) is 15.9. The van der Waals surface area contributed by atoms with E-state index in [0.717, 1.165) is 22.3 Å². The van der Waals surface area contributed by atoms with Crippen molar-refractivity contribution in [1.29, 1.82) is 0 Å². The summed E-state index contributed by atoms with van der Waals surface area (Å²) >= 11 is 0. The number of ether oxygens (including phenoxy) is 2. The maximum Gasteiger partial charge on any atom is 0.183 e. The lowest BCUT2D eigenvalue weighted by Crippen LogP contribution is -2.35. The standard InChI is InChI=1S/C24H28O3Si/c1-26-23(27-2)20-12-10-19(11-13-20)22-15-14-18-8-6-7-9-21(18)24(22,25)16-17-28(3,4)5/h6-15,22-23,25H,1-5H3. The fourth-order valence-electron chi connectivity index (χ4n) is 3.51. The van der Waals surface area contributed by atoms with E-state index in [0.29, 0.717) is 0 Å². The predicted octanol–water partition coefficient (Wildman–Crippen LogP) is 4.86. The van der Waals surface area contributed by atoms with Gasteiger partial charge in [0.1, 0.15) is 8.07 Å². The first-order valence-corrected chi connectivity index (χ1v) is 13.0. The molecular weight excluding hydrogens is 364 g/mol. The molecule has 2 aromatic carbocycles. The van der Waals surface area contributed by atoms with Crippen LogP contribution in [0.3, 0.4) is 0 Å². The molecule has 3 nitrogen and oxygen atoms in total. The van der Waals surface area contributed by atoms with Crippen LogP contribution in [-0.4, -0.2) is 27.4 Å². The molecule has 0 aromatic heterocycles. The molecule has 0 heterocycles. The van der Waals surface area contributed by atoms with Crippen molar-refractivity contribution in [3.05, 3.63) is 76.9 Å². The Morgan fingerprint density at radius 3 is 2.25 bits per heavy atom. The zero-order valence-electron chi connectivity index (χ0n) is 17.2. The van der Waals surface area contributed by atoms with Crippen molar-refractivity contribution in [3.8, 4) is 11.5 Å². The third-order valence-corrected chi connectivity index (χ3v) is 5.79. The molecule has 4 heteroatoms. The normalized spacial score (nSPS) is 21.2. The summed E-state index contributed by atoms with van der Waals surface area (Å²) in [5.41, 5.74) is 5.95. The molecule has 2 aromatic rings. The van der Waals surface area contributed by atoms with Gasteiger partial charge in [-0.25, -0.2) is 0 Å². The van der Waals surface area contributed by atoms with Crippen LogP contribution in [0.2, 0.25) is 19.6 Å². The average molecular weight is 393 g/mol. The number of benzene rings is 2. The predicted molar refractivity (Wildman–Crippen MR) is 116 cm³/mol. The highest BCUT2D eigenvalue weighted by atomic mass is 28.3. The van der Waals surface area contributed by atoms with Gasteiger partial charge in [-0.2, -0.15) is 0 Å². The summed E-state index contributed by atoms with van der Waals surface area (Å²) in [7, 11) is 1.59. The Kier molecular flexibility index (Phi) is 5.92. The maximum absolute atomic E-state index is 11.8. The van der Waals surface area contributed by atoms with E-state index in [1.54, 1.807) is 14.2 Å². The van der Waals surface area contributed by atoms with Gasteiger partial charge in [-0.05, 0) is 11.1 Å². The van der Waals surface area contributed by atoms with Crippen molar-refractivity contribution in [2.75, 3.05) is 14.2 Å². The van der Waals surface area contributed by atoms with Gasteiger partial charge in [0, 0.05) is 31.3 Å². The van der Waals surface area contributed by atoms with Gasteiger partial charge in [0.05, 0.1) is 0 Å². The van der Waals surface area contributed by atoms with Crippen molar-refractivity contribution < 1.29 is 14.6 Å². The monoisotopic (exact) mass is 392 g/mol. The van der Waals surface area contributed by atoms with Gasteiger partial charge in [0.25, 0.3) is 0 Å². The molecule has 0 radical (unpaired) electrons. The van der Waals surface area contributed by atoms with Gasteiger partial charge in [-0.15, -0.1) is 5.54 Å². The van der Waals surface area contributed by atoms with Gasteiger partial charge in [0.15, 0.2) is 11.9 Å². The third-order valence-electron chi connectivity index (χ3n) is 4.91. The minimum atomic E-state index is -1.65. The van der Waals surface area contributed by atoms with Crippen molar-refractivity contribution in [3.63, 3.8) is 0 Å². The van der Waals surface area contributed by atoms with Crippen molar-refractivity contribution in [2.45, 2.75) is 37.5 Å². The van der Waals surface area contributed by atoms with Crippen LogP contribution in [0, 0.1) is 11.5 Å². The summed E-state index contributed by atoms with van der Waals surface area (Å²) in [5.74, 6) is 3.02. The highest BCUT2D eigenvalue weighted by Crippen LogP contribution is 2.43. The van der Waals surface area contributed by atoms with E-state index in [1.165, 1.54) is 0 Å². The van der Waals surface area contributed by atoms with Crippen molar-refractivity contribution in [2.24, 2.45) is 0 Å². The Morgan fingerprint density at radius 1 is 1.00 bits per heavy atom. The highest BCUT2D eigenvalue weighted by Gasteiger charge is 2.40. The van der Waals surface area contributed by atoms with Crippen LogP contribution in [0.1, 0.15) is 34.5 Å². The summed E-state index contributed by atoms with van der Waals surface area (Å²) in [4.78, 5) is 0. The number of fused-ring (bicyclic) bond motifs is 1. The molecule has 0 spiro atoms. The molecule has 0 bridgehead atoms. The van der Waals surface area contributed by atoms with Gasteiger partial charge in [-0.3, -0.25) is 0 Å². The summed E-state index contributed by atoms with van der Waals surface area (Å²) in [6.45, 7) is 6.56. The molecule has 0 saturated heterocycles. The number of aliphatic hydroxyl groups is 1. The Hall–Kier alpha value is -2.16. The zero-order chi connectivity index (χ0) is 20.4. The molecule has 2 atom stereocenters. The smallest absolute Gasteiger partial charge is 0.183 e. The molecule has 1 aliphatic carbocycles. The Labute approximate surface area is 169 Å². The molecule has 1 N–H and O–H groups in total. The summed E-state index contributed by atoms with van der Waals surface area (Å²) in [6.07, 6.45) is 3.73. The second-order valence-corrected chi connectivity index (χ2v) is 12.9. The van der Waals surface area contributed by atoms with E-state index in [4.69, 9.17) is 9.47 Å². The summed E-state index contributed by atoms with van der Waals surface area (Å²) < 4.78 is 10.7. The van der Waals surface area contributed by atoms with Crippen LogP contribution in [0.5, 0.6) is 0 Å². The van der Waals surface area contributed by atoms with E-state index < -0.39 is 20.0 Å². The lowest BCUT2D eigenvalue weighted by Gasteiger charge is -2.35. The van der Waals surface area contributed by atoms with Gasteiger partial charge >= 0.3 is 0 Å². The minimum Gasteiger partial charge on any atom is -0.372 e.